The molecule has 12 nitrogen and oxygen atoms in total. The summed E-state index contributed by atoms with van der Waals surface area (Å²) in [7, 11) is 1.26. The Hall–Kier alpha value is -4.43. The van der Waals surface area contributed by atoms with Crippen LogP contribution in [0.2, 0.25) is 0 Å². The van der Waals surface area contributed by atoms with E-state index in [0.717, 1.165) is 16.2 Å². The van der Waals surface area contributed by atoms with E-state index in [2.05, 4.69) is 15.5 Å². The second-order valence-corrected chi connectivity index (χ2v) is 10.5. The van der Waals surface area contributed by atoms with Crippen LogP contribution in [0.15, 0.2) is 69.5 Å². The molecular formula is C25H21N5O7S2. The standard InChI is InChI=1S/C25H21N5O7S2/c1-11-15(37-24(35)16(11)12-6-4-3-5-7-12)8-13-9-38-22-18(21(32)30(22)19(13)23(33)34)28-20(31)17(29-36-2)14-10-39-25(26)27-14/h3-8,10,18,22H,9H2,1-2H3,(H2,26,27)(H,28,31)(H,33,34)/b15-8+,29-17-/t18-,22+/m1/s1. The van der Waals surface area contributed by atoms with Gasteiger partial charge in [0.15, 0.2) is 10.8 Å². The van der Waals surface area contributed by atoms with Gasteiger partial charge < -0.3 is 25.7 Å². The Morgan fingerprint density at radius 3 is 2.69 bits per heavy atom. The van der Waals surface area contributed by atoms with Crippen molar-refractivity contribution in [3.63, 3.8) is 0 Å². The average Bonchev–Trinajstić information content (AvgIpc) is 3.47. The highest BCUT2D eigenvalue weighted by Gasteiger charge is 2.54. The molecule has 1 saturated heterocycles. The van der Waals surface area contributed by atoms with Crippen LogP contribution in [-0.4, -0.2) is 68.7 Å². The second kappa shape index (κ2) is 10.4. The van der Waals surface area contributed by atoms with E-state index >= 15 is 0 Å². The van der Waals surface area contributed by atoms with Gasteiger partial charge >= 0.3 is 11.9 Å². The highest BCUT2D eigenvalue weighted by atomic mass is 32.2. The van der Waals surface area contributed by atoms with Crippen LogP contribution in [0.5, 0.6) is 0 Å². The van der Waals surface area contributed by atoms with Crippen LogP contribution in [0, 0.1) is 0 Å². The van der Waals surface area contributed by atoms with E-state index in [0.29, 0.717) is 22.3 Å². The van der Waals surface area contributed by atoms with Crippen molar-refractivity contribution in [2.75, 3.05) is 18.6 Å². The van der Waals surface area contributed by atoms with Crippen molar-refractivity contribution in [2.45, 2.75) is 18.3 Å². The lowest BCUT2D eigenvalue weighted by Crippen LogP contribution is -2.71. The van der Waals surface area contributed by atoms with Crippen molar-refractivity contribution in [1.82, 2.24) is 15.2 Å². The summed E-state index contributed by atoms with van der Waals surface area (Å²) in [6.07, 6.45) is 1.48. The van der Waals surface area contributed by atoms with Crippen LogP contribution >= 0.6 is 23.1 Å². The molecule has 0 radical (unpaired) electrons. The van der Waals surface area contributed by atoms with Crippen LogP contribution in [0.3, 0.4) is 0 Å². The number of hydrogen-bond donors (Lipinski definition) is 3. The van der Waals surface area contributed by atoms with Crippen molar-refractivity contribution >= 4 is 63.3 Å². The Morgan fingerprint density at radius 1 is 1.31 bits per heavy atom. The Labute approximate surface area is 229 Å². The van der Waals surface area contributed by atoms with Crippen LogP contribution < -0.4 is 11.1 Å². The minimum atomic E-state index is -1.32. The molecule has 0 unspecified atom stereocenters. The first kappa shape index (κ1) is 26.2. The third-order valence-electron chi connectivity index (χ3n) is 6.17. The molecule has 14 heteroatoms. The zero-order chi connectivity index (χ0) is 27.8. The molecule has 1 fully saturated rings. The summed E-state index contributed by atoms with van der Waals surface area (Å²) in [5, 5.41) is 17.4. The average molecular weight is 568 g/mol. The van der Waals surface area contributed by atoms with Gasteiger partial charge in [0.1, 0.15) is 35.7 Å². The number of nitrogens with two attached hydrogens (primary N) is 1. The van der Waals surface area contributed by atoms with Crippen molar-refractivity contribution in [1.29, 1.82) is 0 Å². The van der Waals surface area contributed by atoms with E-state index in [1.54, 1.807) is 31.2 Å². The number of aromatic nitrogens is 1. The predicted molar refractivity (Wildman–Crippen MR) is 143 cm³/mol. The van der Waals surface area contributed by atoms with Crippen molar-refractivity contribution < 1.29 is 33.9 Å². The number of carbonyl (C=O) groups excluding carboxylic acids is 3. The number of thiazole rings is 1. The number of benzene rings is 1. The Morgan fingerprint density at radius 2 is 2.05 bits per heavy atom. The first-order chi connectivity index (χ1) is 18.7. The Bertz CT molecular complexity index is 1530. The van der Waals surface area contributed by atoms with E-state index in [-0.39, 0.29) is 33.7 Å². The molecule has 0 saturated carbocycles. The maximum Gasteiger partial charge on any atom is 0.352 e. The van der Waals surface area contributed by atoms with Gasteiger partial charge in [-0.25, -0.2) is 14.6 Å². The number of ether oxygens (including phenoxy) is 1. The lowest BCUT2D eigenvalue weighted by Gasteiger charge is -2.49. The lowest BCUT2D eigenvalue weighted by atomic mass is 9.99. The molecule has 4 heterocycles. The predicted octanol–water partition coefficient (Wildman–Crippen LogP) is 1.73. The van der Waals surface area contributed by atoms with Gasteiger partial charge in [-0.1, -0.05) is 35.5 Å². The number of anilines is 1. The minimum absolute atomic E-state index is 0.170. The molecule has 3 aliphatic heterocycles. The number of carboxylic acid groups (broad SMARTS) is 1. The fraction of sp³-hybridized carbons (Fsp3) is 0.200. The number of hydrogen-bond acceptors (Lipinski definition) is 11. The molecule has 39 heavy (non-hydrogen) atoms. The maximum atomic E-state index is 13.1. The SMILES string of the molecule is CO/N=C(\C(=O)N[C@@H]1C(=O)N2C(C(=O)O)=C(/C=C3/OC(=O)C(c4ccccc4)=C3C)CS[C@@H]12)c1csc(N)n1. The summed E-state index contributed by atoms with van der Waals surface area (Å²) >= 11 is 2.38. The zero-order valence-corrected chi connectivity index (χ0v) is 22.2. The number of oxime groups is 1. The molecule has 3 aliphatic rings. The Balaban J connectivity index is 1.40. The number of fused-ring (bicyclic) bond motifs is 1. The van der Waals surface area contributed by atoms with Gasteiger partial charge in [-0.05, 0) is 24.1 Å². The molecule has 1 aromatic carbocycles. The quantitative estimate of drug-likeness (QED) is 0.193. The fourth-order valence-electron chi connectivity index (χ4n) is 4.39. The molecule has 200 valence electrons. The maximum absolute atomic E-state index is 13.1. The third kappa shape index (κ3) is 4.68. The third-order valence-corrected chi connectivity index (χ3v) is 8.14. The molecule has 4 N–H and O–H groups in total. The van der Waals surface area contributed by atoms with Gasteiger partial charge in [0.05, 0.1) is 5.57 Å². The molecule has 0 aliphatic carbocycles. The van der Waals surface area contributed by atoms with E-state index in [9.17, 15) is 24.3 Å². The van der Waals surface area contributed by atoms with E-state index in [4.69, 9.17) is 15.3 Å². The minimum Gasteiger partial charge on any atom is -0.477 e. The first-order valence-corrected chi connectivity index (χ1v) is 13.4. The number of carbonyl (C=O) groups is 4. The number of β-lactam (4-membered cyclic amide) rings is 1. The smallest absolute Gasteiger partial charge is 0.352 e. The van der Waals surface area contributed by atoms with E-state index < -0.39 is 35.2 Å². The van der Waals surface area contributed by atoms with Crippen LogP contribution in [0.4, 0.5) is 5.13 Å². The summed E-state index contributed by atoms with van der Waals surface area (Å²) < 4.78 is 5.46. The molecular weight excluding hydrogens is 546 g/mol. The normalized spacial score (nSPS) is 22.1. The van der Waals surface area contributed by atoms with Gasteiger partial charge in [-0.2, -0.15) is 0 Å². The topological polar surface area (TPSA) is 174 Å². The largest absolute Gasteiger partial charge is 0.477 e. The van der Waals surface area contributed by atoms with Gasteiger partial charge in [-0.3, -0.25) is 14.5 Å². The number of carboxylic acids is 1. The fourth-order valence-corrected chi connectivity index (χ4v) is 6.25. The number of amides is 2. The molecule has 0 bridgehead atoms. The van der Waals surface area contributed by atoms with E-state index in [1.165, 1.54) is 30.3 Å². The van der Waals surface area contributed by atoms with Crippen molar-refractivity contribution in [3.8, 4) is 0 Å². The lowest BCUT2D eigenvalue weighted by molar-refractivity contribution is -0.150. The highest BCUT2D eigenvalue weighted by molar-refractivity contribution is 8.00. The molecule has 2 atom stereocenters. The number of nitrogens with zero attached hydrogens (tertiary/aromatic N) is 3. The molecule has 1 aromatic heterocycles. The summed E-state index contributed by atoms with van der Waals surface area (Å²) in [6.45, 7) is 1.72. The van der Waals surface area contributed by atoms with Crippen molar-refractivity contribution in [2.24, 2.45) is 5.16 Å². The molecule has 2 aromatic rings. The van der Waals surface area contributed by atoms with Gasteiger partial charge in [-0.15, -0.1) is 23.1 Å². The second-order valence-electron chi connectivity index (χ2n) is 8.50. The number of thioether (sulfide) groups is 1. The van der Waals surface area contributed by atoms with Crippen LogP contribution in [-0.2, 0) is 28.8 Å². The van der Waals surface area contributed by atoms with Gasteiger partial charge in [0, 0.05) is 16.7 Å². The number of rotatable bonds is 7. The molecule has 0 spiro atoms. The van der Waals surface area contributed by atoms with Crippen LogP contribution in [0.25, 0.3) is 5.57 Å². The Kier molecular flexibility index (Phi) is 6.97. The number of cyclic esters (lactones) is 1. The first-order valence-electron chi connectivity index (χ1n) is 11.5. The van der Waals surface area contributed by atoms with Gasteiger partial charge in [0.25, 0.3) is 11.8 Å². The summed E-state index contributed by atoms with van der Waals surface area (Å²) in [6, 6.07) is 8.00. The highest BCUT2D eigenvalue weighted by Crippen LogP contribution is 2.42. The summed E-state index contributed by atoms with van der Waals surface area (Å²) in [5.41, 5.74) is 7.35. The monoisotopic (exact) mass is 567 g/mol. The number of allylic oxidation sites excluding steroid dienone is 2. The number of nitrogen functional groups attached to an aromatic ring is 1. The summed E-state index contributed by atoms with van der Waals surface area (Å²) in [4.78, 5) is 60.8. The summed E-state index contributed by atoms with van der Waals surface area (Å²) in [5.74, 6) is -2.78. The number of esters is 1. The number of aliphatic carboxylic acids is 1. The van der Waals surface area contributed by atoms with Crippen molar-refractivity contribution in [3.05, 3.63) is 75.6 Å². The van der Waals surface area contributed by atoms with E-state index in [1.807, 2.05) is 6.07 Å². The molecule has 5 rings (SSSR count). The van der Waals surface area contributed by atoms with Gasteiger partial charge in [0.2, 0.25) is 0 Å². The molecule has 2 amide bonds. The number of nitrogens with one attached hydrogen (secondary N) is 1. The van der Waals surface area contributed by atoms with Crippen LogP contribution in [0.1, 0.15) is 18.2 Å². The zero-order valence-electron chi connectivity index (χ0n) is 20.5.